The predicted molar refractivity (Wildman–Crippen MR) is 57.3 cm³/mol. The number of pyridine rings is 1. The Morgan fingerprint density at radius 3 is 2.69 bits per heavy atom. The molecule has 0 spiro atoms. The molecule has 2 nitrogen and oxygen atoms in total. The third-order valence-electron chi connectivity index (χ3n) is 2.14. The van der Waals surface area contributed by atoms with E-state index in [-0.39, 0.29) is 0 Å². The van der Waals surface area contributed by atoms with Crippen molar-refractivity contribution < 1.29 is 0 Å². The molecule has 0 bridgehead atoms. The number of hydrogen-bond acceptors (Lipinski definition) is 2. The Balaban J connectivity index is 0.000000396. The smallest absolute Gasteiger partial charge is 0.129 e. The van der Waals surface area contributed by atoms with Crippen LogP contribution >= 0.6 is 0 Å². The van der Waals surface area contributed by atoms with Crippen LogP contribution in [0.25, 0.3) is 0 Å². The van der Waals surface area contributed by atoms with Crippen LogP contribution in [0.4, 0.5) is 5.82 Å². The minimum atomic E-state index is 1.05. The van der Waals surface area contributed by atoms with E-state index in [1.54, 1.807) is 0 Å². The molecule has 0 aliphatic carbocycles. The zero-order chi connectivity index (χ0) is 9.84. The minimum absolute atomic E-state index is 1.05. The Labute approximate surface area is 80.4 Å². The van der Waals surface area contributed by atoms with Crippen molar-refractivity contribution in [3.8, 4) is 0 Å². The summed E-state index contributed by atoms with van der Waals surface area (Å²) in [6, 6.07) is 2.14. The van der Waals surface area contributed by atoms with Crippen LogP contribution in [-0.2, 0) is 6.42 Å². The number of fused-ring (bicyclic) bond motifs is 1. The van der Waals surface area contributed by atoms with Crippen LogP contribution < -0.4 is 5.32 Å². The highest BCUT2D eigenvalue weighted by Crippen LogP contribution is 2.23. The molecule has 1 N–H and O–H groups in total. The second-order valence-corrected chi connectivity index (χ2v) is 3.08. The van der Waals surface area contributed by atoms with E-state index in [1.807, 2.05) is 20.8 Å². The van der Waals surface area contributed by atoms with Crippen molar-refractivity contribution in [2.75, 3.05) is 11.9 Å². The van der Waals surface area contributed by atoms with Gasteiger partial charge in [-0.05, 0) is 37.5 Å². The average Bonchev–Trinajstić information content (AvgIpc) is 2.55. The summed E-state index contributed by atoms with van der Waals surface area (Å²) in [5.41, 5.74) is 3.88. The molecule has 1 aliphatic rings. The van der Waals surface area contributed by atoms with Gasteiger partial charge < -0.3 is 5.32 Å². The Kier molecular flexibility index (Phi) is 3.29. The van der Waals surface area contributed by atoms with Gasteiger partial charge in [0.25, 0.3) is 0 Å². The Morgan fingerprint density at radius 2 is 2.00 bits per heavy atom. The fourth-order valence-electron chi connectivity index (χ4n) is 1.63. The molecule has 2 rings (SSSR count). The molecule has 2 heteroatoms. The average molecular weight is 178 g/mol. The van der Waals surface area contributed by atoms with Gasteiger partial charge in [0, 0.05) is 12.2 Å². The molecule has 2 heterocycles. The van der Waals surface area contributed by atoms with Crippen molar-refractivity contribution in [3.05, 3.63) is 22.9 Å². The van der Waals surface area contributed by atoms with Crippen LogP contribution in [0.5, 0.6) is 0 Å². The van der Waals surface area contributed by atoms with E-state index in [9.17, 15) is 0 Å². The van der Waals surface area contributed by atoms with E-state index in [2.05, 4.69) is 23.3 Å². The van der Waals surface area contributed by atoms with Crippen molar-refractivity contribution in [2.45, 2.75) is 34.1 Å². The third kappa shape index (κ3) is 2.00. The summed E-state index contributed by atoms with van der Waals surface area (Å²) in [5.74, 6) is 1.10. The maximum atomic E-state index is 4.40. The van der Waals surface area contributed by atoms with Crippen molar-refractivity contribution in [1.29, 1.82) is 0 Å². The maximum Gasteiger partial charge on any atom is 0.129 e. The van der Waals surface area contributed by atoms with Crippen molar-refractivity contribution >= 4 is 5.82 Å². The van der Waals surface area contributed by atoms with Gasteiger partial charge in [-0.1, -0.05) is 13.8 Å². The summed E-state index contributed by atoms with van der Waals surface area (Å²) in [4.78, 5) is 4.40. The summed E-state index contributed by atoms with van der Waals surface area (Å²) < 4.78 is 0. The standard InChI is InChI=1S/C9H12N2.C2H6/c1-6-5-7(2)11-9-8(6)3-4-10-9;1-2/h5H,3-4H2,1-2H3,(H,10,11);1-2H3. The molecular formula is C11H18N2. The van der Waals surface area contributed by atoms with E-state index < -0.39 is 0 Å². The van der Waals surface area contributed by atoms with Gasteiger partial charge in [0.05, 0.1) is 0 Å². The quantitative estimate of drug-likeness (QED) is 0.660. The molecule has 0 saturated heterocycles. The summed E-state index contributed by atoms with van der Waals surface area (Å²) in [5, 5.41) is 3.27. The summed E-state index contributed by atoms with van der Waals surface area (Å²) in [7, 11) is 0. The van der Waals surface area contributed by atoms with E-state index in [4.69, 9.17) is 0 Å². The number of anilines is 1. The van der Waals surface area contributed by atoms with Crippen molar-refractivity contribution in [2.24, 2.45) is 0 Å². The monoisotopic (exact) mass is 178 g/mol. The molecule has 1 aliphatic heterocycles. The highest BCUT2D eigenvalue weighted by molar-refractivity contribution is 5.53. The van der Waals surface area contributed by atoms with Gasteiger partial charge >= 0.3 is 0 Å². The summed E-state index contributed by atoms with van der Waals surface area (Å²) in [6.45, 7) is 9.24. The number of rotatable bonds is 0. The Bertz CT molecular complexity index is 292. The molecule has 1 aromatic heterocycles. The first-order valence-electron chi connectivity index (χ1n) is 4.98. The summed E-state index contributed by atoms with van der Waals surface area (Å²) >= 11 is 0. The molecular weight excluding hydrogens is 160 g/mol. The first kappa shape index (κ1) is 10.0. The first-order chi connectivity index (χ1) is 6.27. The first-order valence-corrected chi connectivity index (χ1v) is 4.98. The molecule has 13 heavy (non-hydrogen) atoms. The second-order valence-electron chi connectivity index (χ2n) is 3.08. The van der Waals surface area contributed by atoms with Crippen LogP contribution in [0.3, 0.4) is 0 Å². The number of nitrogens with zero attached hydrogens (tertiary/aromatic N) is 1. The van der Waals surface area contributed by atoms with E-state index >= 15 is 0 Å². The Hall–Kier alpha value is -1.05. The number of aryl methyl sites for hydroxylation is 2. The molecule has 72 valence electrons. The largest absolute Gasteiger partial charge is 0.369 e. The van der Waals surface area contributed by atoms with Gasteiger partial charge in [-0.25, -0.2) is 4.98 Å². The van der Waals surface area contributed by atoms with E-state index in [0.29, 0.717) is 0 Å². The highest BCUT2D eigenvalue weighted by atomic mass is 15.0. The van der Waals surface area contributed by atoms with Crippen LogP contribution in [0.15, 0.2) is 6.07 Å². The van der Waals surface area contributed by atoms with Gasteiger partial charge in [-0.15, -0.1) is 0 Å². The third-order valence-corrected chi connectivity index (χ3v) is 2.14. The topological polar surface area (TPSA) is 24.9 Å². The molecule has 0 amide bonds. The van der Waals surface area contributed by atoms with Crippen molar-refractivity contribution in [1.82, 2.24) is 4.98 Å². The molecule has 0 aromatic carbocycles. The van der Waals surface area contributed by atoms with E-state index in [0.717, 1.165) is 24.5 Å². The van der Waals surface area contributed by atoms with Crippen LogP contribution in [0.1, 0.15) is 30.7 Å². The lowest BCUT2D eigenvalue weighted by Gasteiger charge is -2.03. The molecule has 0 fully saturated rings. The van der Waals surface area contributed by atoms with Crippen molar-refractivity contribution in [3.63, 3.8) is 0 Å². The zero-order valence-corrected chi connectivity index (χ0v) is 8.94. The van der Waals surface area contributed by atoms with Gasteiger partial charge in [0.2, 0.25) is 0 Å². The van der Waals surface area contributed by atoms with Gasteiger partial charge in [-0.2, -0.15) is 0 Å². The maximum absolute atomic E-state index is 4.40. The lowest BCUT2D eigenvalue weighted by molar-refractivity contribution is 1.09. The van der Waals surface area contributed by atoms with Gasteiger partial charge in [0.15, 0.2) is 0 Å². The lowest BCUT2D eigenvalue weighted by atomic mass is 10.1. The second kappa shape index (κ2) is 4.26. The fourth-order valence-corrected chi connectivity index (χ4v) is 1.63. The molecule has 1 aromatic rings. The van der Waals surface area contributed by atoms with E-state index in [1.165, 1.54) is 11.1 Å². The zero-order valence-electron chi connectivity index (χ0n) is 8.94. The molecule has 0 radical (unpaired) electrons. The number of nitrogens with one attached hydrogen (secondary N) is 1. The van der Waals surface area contributed by atoms with Crippen LogP contribution in [-0.4, -0.2) is 11.5 Å². The number of hydrogen-bond donors (Lipinski definition) is 1. The predicted octanol–water partition coefficient (Wildman–Crippen LogP) is 2.69. The molecule has 0 saturated carbocycles. The van der Waals surface area contributed by atoms with Gasteiger partial charge in [-0.3, -0.25) is 0 Å². The van der Waals surface area contributed by atoms with Crippen LogP contribution in [0.2, 0.25) is 0 Å². The molecule has 0 unspecified atom stereocenters. The fraction of sp³-hybridized carbons (Fsp3) is 0.545. The van der Waals surface area contributed by atoms with Crippen LogP contribution in [0, 0.1) is 13.8 Å². The summed E-state index contributed by atoms with van der Waals surface area (Å²) in [6.07, 6.45) is 1.13. The Morgan fingerprint density at radius 1 is 1.31 bits per heavy atom. The number of aromatic nitrogens is 1. The molecule has 0 atom stereocenters. The highest BCUT2D eigenvalue weighted by Gasteiger charge is 2.13. The van der Waals surface area contributed by atoms with Gasteiger partial charge in [0.1, 0.15) is 5.82 Å². The lowest BCUT2D eigenvalue weighted by Crippen LogP contribution is -1.94. The SMILES string of the molecule is CC.Cc1cc(C)c2c(n1)NCC2. The normalized spacial score (nSPS) is 12.6. The minimum Gasteiger partial charge on any atom is -0.369 e.